The molecule has 70 valence electrons. The predicted molar refractivity (Wildman–Crippen MR) is 43.9 cm³/mol. The van der Waals surface area contributed by atoms with Crippen LogP contribution < -0.4 is 5.32 Å². The molecule has 1 unspecified atom stereocenters. The van der Waals surface area contributed by atoms with E-state index in [4.69, 9.17) is 9.47 Å². The second-order valence-corrected chi connectivity index (χ2v) is 2.81. The first-order chi connectivity index (χ1) is 5.93. The van der Waals surface area contributed by atoms with Crippen molar-refractivity contribution in [3.63, 3.8) is 0 Å². The normalized spacial score (nSPS) is 20.5. The Morgan fingerprint density at radius 1 is 1.58 bits per heavy atom. The first-order valence-corrected chi connectivity index (χ1v) is 4.30. The van der Waals surface area contributed by atoms with E-state index in [1.54, 1.807) is 0 Å². The summed E-state index contributed by atoms with van der Waals surface area (Å²) in [5, 5.41) is 2.60. The van der Waals surface area contributed by atoms with Crippen molar-refractivity contribution >= 4 is 6.41 Å². The van der Waals surface area contributed by atoms with Crippen LogP contribution in [0.5, 0.6) is 0 Å². The molecular weight excluding hydrogens is 158 g/mol. The van der Waals surface area contributed by atoms with Gasteiger partial charge in [-0.15, -0.1) is 0 Å². The maximum absolute atomic E-state index is 9.83. The highest BCUT2D eigenvalue weighted by Gasteiger charge is 2.21. The van der Waals surface area contributed by atoms with Crippen molar-refractivity contribution in [1.29, 1.82) is 0 Å². The first kappa shape index (κ1) is 9.48. The number of hydrogen-bond acceptors (Lipinski definition) is 3. The summed E-state index contributed by atoms with van der Waals surface area (Å²) in [5.74, 6) is 0. The van der Waals surface area contributed by atoms with Gasteiger partial charge in [-0.1, -0.05) is 0 Å². The van der Waals surface area contributed by atoms with E-state index in [1.165, 1.54) is 0 Å². The van der Waals surface area contributed by atoms with Crippen molar-refractivity contribution in [1.82, 2.24) is 5.32 Å². The van der Waals surface area contributed by atoms with Gasteiger partial charge in [-0.05, 0) is 12.8 Å². The topological polar surface area (TPSA) is 50.9 Å². The van der Waals surface area contributed by atoms with E-state index < -0.39 is 0 Å². The van der Waals surface area contributed by atoms with Gasteiger partial charge in [0.2, 0.25) is 6.41 Å². The lowest BCUT2D eigenvalue weighted by molar-refractivity contribution is -0.109. The van der Waals surface area contributed by atoms with Crippen molar-refractivity contribution in [2.75, 3.05) is 26.4 Å². The molecule has 4 nitrogen and oxygen atoms in total. The largest absolute Gasteiger partial charge is 0.379 e. The van der Waals surface area contributed by atoms with E-state index in [2.05, 4.69) is 5.32 Å². The zero-order chi connectivity index (χ0) is 8.65. The molecule has 1 rings (SSSR count). The number of carbonyl (C=O) groups is 1. The van der Waals surface area contributed by atoms with Crippen LogP contribution in [0.2, 0.25) is 0 Å². The molecule has 0 aliphatic carbocycles. The van der Waals surface area contributed by atoms with Crippen molar-refractivity contribution in [2.45, 2.75) is 18.9 Å². The average Bonchev–Trinajstić information content (AvgIpc) is 2.87. The van der Waals surface area contributed by atoms with Gasteiger partial charge in [0.15, 0.2) is 0 Å². The number of rotatable bonds is 8. The van der Waals surface area contributed by atoms with Crippen LogP contribution >= 0.6 is 0 Å². The van der Waals surface area contributed by atoms with E-state index in [9.17, 15) is 4.79 Å². The summed E-state index contributed by atoms with van der Waals surface area (Å²) in [4.78, 5) is 9.83. The van der Waals surface area contributed by atoms with Gasteiger partial charge in [0, 0.05) is 13.2 Å². The summed E-state index contributed by atoms with van der Waals surface area (Å²) in [6.07, 6.45) is 3.05. The number of ether oxygens (including phenoxy) is 2. The van der Waals surface area contributed by atoms with Gasteiger partial charge < -0.3 is 14.8 Å². The quantitative estimate of drug-likeness (QED) is 0.317. The van der Waals surface area contributed by atoms with Crippen LogP contribution in [0.4, 0.5) is 0 Å². The zero-order valence-electron chi connectivity index (χ0n) is 7.12. The van der Waals surface area contributed by atoms with Crippen molar-refractivity contribution in [3.8, 4) is 0 Å². The molecule has 4 heteroatoms. The van der Waals surface area contributed by atoms with Crippen LogP contribution in [-0.2, 0) is 14.3 Å². The third kappa shape index (κ3) is 5.09. The summed E-state index contributed by atoms with van der Waals surface area (Å²) in [6.45, 7) is 3.08. The van der Waals surface area contributed by atoms with Gasteiger partial charge in [0.1, 0.15) is 6.10 Å². The molecule has 1 aliphatic rings. The maximum Gasteiger partial charge on any atom is 0.207 e. The minimum Gasteiger partial charge on any atom is -0.379 e. The molecule has 0 bridgehead atoms. The molecule has 1 N–H and O–H groups in total. The second kappa shape index (κ2) is 5.97. The Labute approximate surface area is 72.2 Å². The van der Waals surface area contributed by atoms with Gasteiger partial charge >= 0.3 is 0 Å². The van der Waals surface area contributed by atoms with E-state index in [-0.39, 0.29) is 0 Å². The molecule has 0 aromatic rings. The van der Waals surface area contributed by atoms with Gasteiger partial charge in [0.25, 0.3) is 0 Å². The SMILES string of the molecule is O=CNCCCCOCC1CO1. The average molecular weight is 173 g/mol. The fourth-order valence-electron chi connectivity index (χ4n) is 0.869. The minimum atomic E-state index is 0.359. The number of amides is 1. The third-order valence-corrected chi connectivity index (χ3v) is 1.65. The van der Waals surface area contributed by atoms with Crippen molar-refractivity contribution in [2.24, 2.45) is 0 Å². The Kier molecular flexibility index (Phi) is 4.71. The Hall–Kier alpha value is -0.610. The summed E-state index contributed by atoms with van der Waals surface area (Å²) >= 11 is 0. The van der Waals surface area contributed by atoms with Crippen LogP contribution in [0.1, 0.15) is 12.8 Å². The van der Waals surface area contributed by atoms with Crippen LogP contribution in [-0.4, -0.2) is 38.9 Å². The Morgan fingerprint density at radius 3 is 3.08 bits per heavy atom. The molecule has 1 saturated heterocycles. The summed E-state index contributed by atoms with van der Waals surface area (Å²) in [5.41, 5.74) is 0. The van der Waals surface area contributed by atoms with E-state index in [0.29, 0.717) is 6.10 Å². The first-order valence-electron chi connectivity index (χ1n) is 4.30. The lowest BCUT2D eigenvalue weighted by Gasteiger charge is -2.01. The summed E-state index contributed by atoms with van der Waals surface area (Å²) < 4.78 is 10.3. The molecule has 0 aromatic carbocycles. The highest BCUT2D eigenvalue weighted by Crippen LogP contribution is 2.08. The number of hydrogen-bond donors (Lipinski definition) is 1. The zero-order valence-corrected chi connectivity index (χ0v) is 7.12. The van der Waals surface area contributed by atoms with Gasteiger partial charge in [-0.25, -0.2) is 0 Å². The second-order valence-electron chi connectivity index (χ2n) is 2.81. The Morgan fingerprint density at radius 2 is 2.42 bits per heavy atom. The lowest BCUT2D eigenvalue weighted by atomic mass is 10.3. The summed E-state index contributed by atoms with van der Waals surface area (Å²) in [7, 11) is 0. The van der Waals surface area contributed by atoms with Crippen LogP contribution in [0, 0.1) is 0 Å². The number of epoxide rings is 1. The van der Waals surface area contributed by atoms with Crippen molar-refractivity contribution < 1.29 is 14.3 Å². The van der Waals surface area contributed by atoms with E-state index in [0.717, 1.165) is 45.6 Å². The van der Waals surface area contributed by atoms with E-state index in [1.807, 2.05) is 0 Å². The van der Waals surface area contributed by atoms with Crippen molar-refractivity contribution in [3.05, 3.63) is 0 Å². The highest BCUT2D eigenvalue weighted by molar-refractivity contribution is 5.45. The molecule has 0 aromatic heterocycles. The molecule has 1 heterocycles. The molecule has 1 amide bonds. The minimum absolute atomic E-state index is 0.359. The van der Waals surface area contributed by atoms with E-state index >= 15 is 0 Å². The lowest BCUT2D eigenvalue weighted by Crippen LogP contribution is -2.13. The Bertz CT molecular complexity index is 125. The number of nitrogens with one attached hydrogen (secondary N) is 1. The molecular formula is C8H15NO3. The van der Waals surface area contributed by atoms with Crippen LogP contribution in [0.3, 0.4) is 0 Å². The fraction of sp³-hybridized carbons (Fsp3) is 0.875. The monoisotopic (exact) mass is 173 g/mol. The van der Waals surface area contributed by atoms with Crippen LogP contribution in [0.25, 0.3) is 0 Å². The highest BCUT2D eigenvalue weighted by atomic mass is 16.6. The predicted octanol–water partition coefficient (Wildman–Crippen LogP) is -0.0720. The third-order valence-electron chi connectivity index (χ3n) is 1.65. The van der Waals surface area contributed by atoms with Crippen LogP contribution in [0.15, 0.2) is 0 Å². The summed E-state index contributed by atoms with van der Waals surface area (Å²) in [6, 6.07) is 0. The molecule has 0 saturated carbocycles. The fourth-order valence-corrected chi connectivity index (χ4v) is 0.869. The Balaban J connectivity index is 1.67. The molecule has 1 aliphatic heterocycles. The standard InChI is InChI=1S/C8H15NO3/c10-7-9-3-1-2-4-11-5-8-6-12-8/h7-8H,1-6H2,(H,9,10). The number of unbranched alkanes of at least 4 members (excludes halogenated alkanes) is 1. The van der Waals surface area contributed by atoms with Gasteiger partial charge in [-0.2, -0.15) is 0 Å². The molecule has 1 atom stereocenters. The molecule has 0 radical (unpaired) electrons. The maximum atomic E-state index is 9.83. The molecule has 12 heavy (non-hydrogen) atoms. The smallest absolute Gasteiger partial charge is 0.207 e. The number of carbonyl (C=O) groups excluding carboxylic acids is 1. The molecule has 0 spiro atoms. The van der Waals surface area contributed by atoms with Gasteiger partial charge in [-0.3, -0.25) is 4.79 Å². The van der Waals surface area contributed by atoms with Gasteiger partial charge in [0.05, 0.1) is 13.2 Å². The molecule has 1 fully saturated rings.